The van der Waals surface area contributed by atoms with E-state index in [-0.39, 0.29) is 68.6 Å². The van der Waals surface area contributed by atoms with Gasteiger partial charge in [-0.15, -0.1) is 0 Å². The van der Waals surface area contributed by atoms with Gasteiger partial charge in [0.2, 0.25) is 0 Å². The van der Waals surface area contributed by atoms with E-state index < -0.39 is 5.79 Å². The van der Waals surface area contributed by atoms with Gasteiger partial charge in [-0.25, -0.2) is 0 Å². The topological polar surface area (TPSA) is 55.8 Å². The molecular formula is C13H22AcO4S. The van der Waals surface area contributed by atoms with Crippen LogP contribution in [0.1, 0.15) is 26.7 Å². The molecule has 2 aliphatic rings. The second kappa shape index (κ2) is 8.10. The fraction of sp³-hybridized carbons (Fsp3) is 0.923. The molecule has 2 fully saturated rings. The zero-order chi connectivity index (χ0) is 13.2. The van der Waals surface area contributed by atoms with Crippen molar-refractivity contribution in [1.82, 2.24) is 0 Å². The maximum absolute atomic E-state index is 11.7. The number of carbonyl (C=O) groups excluding carboxylic acids is 1. The van der Waals surface area contributed by atoms with Gasteiger partial charge in [0.25, 0.3) is 0 Å². The number of hydrogen-bond donors (Lipinski definition) is 1. The third-order valence-electron chi connectivity index (χ3n) is 3.65. The van der Waals surface area contributed by atoms with Crippen LogP contribution < -0.4 is 0 Å². The second-order valence-electron chi connectivity index (χ2n) is 5.54. The van der Waals surface area contributed by atoms with Crippen LogP contribution in [0.15, 0.2) is 0 Å². The molecule has 1 heterocycles. The maximum atomic E-state index is 11.7. The van der Waals surface area contributed by atoms with Crippen molar-refractivity contribution in [2.24, 2.45) is 11.8 Å². The molecule has 1 aliphatic carbocycles. The van der Waals surface area contributed by atoms with Gasteiger partial charge >= 0.3 is 0 Å². The average Bonchev–Trinajstić information content (AvgIpc) is 2.83. The summed E-state index contributed by atoms with van der Waals surface area (Å²) < 4.78 is 11.2. The van der Waals surface area contributed by atoms with E-state index in [1.165, 1.54) is 0 Å². The summed E-state index contributed by atoms with van der Waals surface area (Å²) in [7, 11) is 0. The molecule has 1 unspecified atom stereocenters. The molecule has 4 nitrogen and oxygen atoms in total. The molecule has 0 amide bonds. The van der Waals surface area contributed by atoms with Crippen molar-refractivity contribution in [2.75, 3.05) is 24.7 Å². The van der Waals surface area contributed by atoms with Crippen LogP contribution in [-0.4, -0.2) is 47.5 Å². The minimum Gasteiger partial charge on any atom is -0.396 e. The van der Waals surface area contributed by atoms with E-state index in [0.717, 1.165) is 17.9 Å². The summed E-state index contributed by atoms with van der Waals surface area (Å²) in [4.78, 5) is 11.7. The standard InChI is InChI=1S/C13H22O4S.Ac/c1-13(2)16-6-10(17-13)7-18-8-11-9(5-14)3-4-12(11)15;/h9-11,14H,3-8H2,1-2H3;/t9-,10?,11-;/m0./s1. The Labute approximate surface area is 154 Å². The fourth-order valence-corrected chi connectivity index (χ4v) is 3.87. The van der Waals surface area contributed by atoms with Gasteiger partial charge in [-0.3, -0.25) is 4.79 Å². The Kier molecular flexibility index (Phi) is 7.84. The summed E-state index contributed by atoms with van der Waals surface area (Å²) in [5, 5.41) is 9.23. The molecule has 1 N–H and O–H groups in total. The smallest absolute Gasteiger partial charge is 0.163 e. The van der Waals surface area contributed by atoms with Crippen molar-refractivity contribution in [3.8, 4) is 0 Å². The molecule has 1 aliphatic heterocycles. The molecular weight excluding hydrogens is 479 g/mol. The molecule has 107 valence electrons. The first kappa shape index (κ1) is 18.4. The van der Waals surface area contributed by atoms with Crippen molar-refractivity contribution < 1.29 is 63.4 Å². The Morgan fingerprint density at radius 3 is 2.74 bits per heavy atom. The van der Waals surface area contributed by atoms with Crippen molar-refractivity contribution in [3.05, 3.63) is 0 Å². The van der Waals surface area contributed by atoms with Crippen LogP contribution >= 0.6 is 11.8 Å². The largest absolute Gasteiger partial charge is 0.396 e. The number of aliphatic hydroxyl groups is 1. The molecule has 1 radical (unpaired) electrons. The predicted octanol–water partition coefficient (Wildman–Crippen LogP) is 1.46. The third-order valence-corrected chi connectivity index (χ3v) is 4.85. The summed E-state index contributed by atoms with van der Waals surface area (Å²) in [5.74, 6) is 1.69. The fourth-order valence-electron chi connectivity index (χ4n) is 2.60. The van der Waals surface area contributed by atoms with Crippen molar-refractivity contribution in [1.29, 1.82) is 0 Å². The molecule has 0 bridgehead atoms. The van der Waals surface area contributed by atoms with Gasteiger partial charge in [0.15, 0.2) is 5.79 Å². The van der Waals surface area contributed by atoms with Crippen molar-refractivity contribution in [3.63, 3.8) is 0 Å². The Bertz CT molecular complexity index is 311. The van der Waals surface area contributed by atoms with Gasteiger partial charge in [0, 0.05) is 74.5 Å². The number of ketones is 1. The number of hydrogen-bond acceptors (Lipinski definition) is 5. The van der Waals surface area contributed by atoms with Crippen LogP contribution in [0.2, 0.25) is 0 Å². The predicted molar refractivity (Wildman–Crippen MR) is 70.5 cm³/mol. The number of thioether (sulfide) groups is 1. The van der Waals surface area contributed by atoms with E-state index in [0.29, 0.717) is 18.8 Å². The molecule has 3 atom stereocenters. The van der Waals surface area contributed by atoms with Gasteiger partial charge in [-0.05, 0) is 26.2 Å². The van der Waals surface area contributed by atoms with E-state index in [4.69, 9.17) is 9.47 Å². The van der Waals surface area contributed by atoms with E-state index in [1.807, 2.05) is 13.8 Å². The molecule has 0 spiro atoms. The average molecular weight is 501 g/mol. The number of aliphatic hydroxyl groups excluding tert-OH is 1. The number of ether oxygens (including phenoxy) is 2. The summed E-state index contributed by atoms with van der Waals surface area (Å²) in [5.41, 5.74) is 0. The van der Waals surface area contributed by atoms with E-state index >= 15 is 0 Å². The van der Waals surface area contributed by atoms with Gasteiger partial charge in [0.05, 0.1) is 12.7 Å². The van der Waals surface area contributed by atoms with Crippen LogP contribution in [0, 0.1) is 55.9 Å². The van der Waals surface area contributed by atoms with Gasteiger partial charge in [-0.1, -0.05) is 0 Å². The van der Waals surface area contributed by atoms with E-state index in [9.17, 15) is 9.90 Å². The maximum Gasteiger partial charge on any atom is 0.163 e. The summed E-state index contributed by atoms with van der Waals surface area (Å²) in [6.07, 6.45) is 1.59. The molecule has 6 heteroatoms. The zero-order valence-electron chi connectivity index (χ0n) is 11.6. The van der Waals surface area contributed by atoms with Crippen molar-refractivity contribution in [2.45, 2.75) is 38.6 Å². The van der Waals surface area contributed by atoms with Crippen LogP contribution in [0.3, 0.4) is 0 Å². The monoisotopic (exact) mass is 501 g/mol. The minimum absolute atomic E-state index is 0. The Balaban J connectivity index is 0.00000180. The molecule has 1 saturated heterocycles. The number of carbonyl (C=O) groups is 1. The van der Waals surface area contributed by atoms with Crippen LogP contribution in [0.4, 0.5) is 0 Å². The molecule has 0 aromatic heterocycles. The summed E-state index contributed by atoms with van der Waals surface area (Å²) in [6, 6.07) is 0. The first-order chi connectivity index (χ1) is 8.52. The molecule has 2 rings (SSSR count). The molecule has 1 saturated carbocycles. The van der Waals surface area contributed by atoms with E-state index in [2.05, 4.69) is 0 Å². The second-order valence-corrected chi connectivity index (χ2v) is 6.62. The first-order valence-electron chi connectivity index (χ1n) is 6.55. The Hall–Kier alpha value is 1.34. The SMILES string of the molecule is CC1(C)OCC(CSC[C@@H]2C(=O)CC[C@H]2CO)O1.[Ac]. The first-order valence-corrected chi connectivity index (χ1v) is 7.70. The minimum atomic E-state index is -0.470. The quantitative estimate of drug-likeness (QED) is 0.619. The normalized spacial score (nSPS) is 33.4. The van der Waals surface area contributed by atoms with Crippen molar-refractivity contribution >= 4 is 17.5 Å². The van der Waals surface area contributed by atoms with E-state index in [1.54, 1.807) is 11.8 Å². The summed E-state index contributed by atoms with van der Waals surface area (Å²) in [6.45, 7) is 4.59. The third kappa shape index (κ3) is 5.23. The Morgan fingerprint density at radius 1 is 1.42 bits per heavy atom. The summed E-state index contributed by atoms with van der Waals surface area (Å²) >= 11 is 1.73. The van der Waals surface area contributed by atoms with Gasteiger partial charge in [0.1, 0.15) is 5.78 Å². The van der Waals surface area contributed by atoms with Crippen LogP contribution in [-0.2, 0) is 14.3 Å². The van der Waals surface area contributed by atoms with Gasteiger partial charge in [-0.2, -0.15) is 11.8 Å². The van der Waals surface area contributed by atoms with Crippen LogP contribution in [0.25, 0.3) is 0 Å². The number of rotatable bonds is 5. The molecule has 19 heavy (non-hydrogen) atoms. The molecule has 0 aromatic rings. The zero-order valence-corrected chi connectivity index (χ0v) is 17.2. The molecule has 0 aromatic carbocycles. The van der Waals surface area contributed by atoms with Gasteiger partial charge < -0.3 is 14.6 Å². The van der Waals surface area contributed by atoms with Crippen LogP contribution in [0.5, 0.6) is 0 Å². The number of Topliss-reactive ketones (excluding diaryl/α,β-unsaturated/α-hetero) is 1. The Morgan fingerprint density at radius 2 is 2.16 bits per heavy atom.